The fourth-order valence-electron chi connectivity index (χ4n) is 2.47. The Morgan fingerprint density at radius 2 is 1.79 bits per heavy atom. The van der Waals surface area contributed by atoms with Gasteiger partial charge in [0.2, 0.25) is 5.78 Å². The van der Waals surface area contributed by atoms with E-state index in [2.05, 4.69) is 6.58 Å². The highest BCUT2D eigenvalue weighted by atomic mass is 16.5. The Kier molecular flexibility index (Phi) is 2.43. The molecule has 96 valence electrons. The number of hydrogen-bond acceptors (Lipinski definition) is 4. The monoisotopic (exact) mass is 256 g/mol. The van der Waals surface area contributed by atoms with Crippen LogP contribution in [0.15, 0.2) is 47.7 Å². The number of aliphatic hydroxyl groups is 1. The van der Waals surface area contributed by atoms with Crippen LogP contribution in [0, 0.1) is 0 Å². The molecule has 0 bridgehead atoms. The Balaban J connectivity index is 2.14. The van der Waals surface area contributed by atoms with Gasteiger partial charge < -0.3 is 9.84 Å². The summed E-state index contributed by atoms with van der Waals surface area (Å²) in [5.74, 6) is -0.737. The largest absolute Gasteiger partial charge is 0.478 e. The molecule has 1 aliphatic heterocycles. The second-order valence-electron chi connectivity index (χ2n) is 4.78. The molecule has 1 heterocycles. The first-order valence-corrected chi connectivity index (χ1v) is 5.95. The van der Waals surface area contributed by atoms with E-state index in [9.17, 15) is 14.7 Å². The van der Waals surface area contributed by atoms with Crippen molar-refractivity contribution in [3.63, 3.8) is 0 Å². The molecule has 4 heteroatoms. The van der Waals surface area contributed by atoms with Crippen LogP contribution in [0.4, 0.5) is 0 Å². The first-order valence-electron chi connectivity index (χ1n) is 5.95. The van der Waals surface area contributed by atoms with E-state index in [1.807, 2.05) is 0 Å². The van der Waals surface area contributed by atoms with Crippen molar-refractivity contribution in [2.24, 2.45) is 0 Å². The summed E-state index contributed by atoms with van der Waals surface area (Å²) in [6, 6.07) is 6.55. The summed E-state index contributed by atoms with van der Waals surface area (Å²) in [5.41, 5.74) is 1.26. The Hall–Kier alpha value is -2.20. The molecule has 3 rings (SSSR count). The zero-order valence-corrected chi connectivity index (χ0v) is 10.3. The van der Waals surface area contributed by atoms with Crippen molar-refractivity contribution in [1.29, 1.82) is 0 Å². The summed E-state index contributed by atoms with van der Waals surface area (Å²) in [5, 5.41) is 10.2. The van der Waals surface area contributed by atoms with Crippen molar-refractivity contribution in [2.75, 3.05) is 0 Å². The van der Waals surface area contributed by atoms with Crippen LogP contribution >= 0.6 is 0 Å². The van der Waals surface area contributed by atoms with Gasteiger partial charge in [0.05, 0.1) is 5.57 Å². The Morgan fingerprint density at radius 1 is 1.21 bits per heavy atom. The van der Waals surface area contributed by atoms with Crippen molar-refractivity contribution in [3.8, 4) is 0 Å². The van der Waals surface area contributed by atoms with Crippen LogP contribution in [0.5, 0.6) is 0 Å². The molecule has 1 N–H and O–H groups in total. The van der Waals surface area contributed by atoms with E-state index in [0.29, 0.717) is 16.7 Å². The molecule has 19 heavy (non-hydrogen) atoms. The lowest BCUT2D eigenvalue weighted by atomic mass is 9.86. The van der Waals surface area contributed by atoms with Crippen LogP contribution in [0.3, 0.4) is 0 Å². The van der Waals surface area contributed by atoms with E-state index in [4.69, 9.17) is 4.74 Å². The first kappa shape index (κ1) is 11.9. The van der Waals surface area contributed by atoms with Crippen LogP contribution in [-0.2, 0) is 4.74 Å². The minimum Gasteiger partial charge on any atom is -0.478 e. The van der Waals surface area contributed by atoms with E-state index in [-0.39, 0.29) is 22.9 Å². The summed E-state index contributed by atoms with van der Waals surface area (Å²) >= 11 is 0. The fourth-order valence-corrected chi connectivity index (χ4v) is 2.47. The second kappa shape index (κ2) is 3.90. The fraction of sp³-hybridized carbons (Fsp3) is 0.200. The molecular weight excluding hydrogens is 244 g/mol. The number of ether oxygens (including phenoxy) is 1. The van der Waals surface area contributed by atoms with Gasteiger partial charge in [-0.2, -0.15) is 0 Å². The molecule has 0 amide bonds. The van der Waals surface area contributed by atoms with Crippen LogP contribution in [0.2, 0.25) is 0 Å². The smallest absolute Gasteiger partial charge is 0.228 e. The molecule has 2 atom stereocenters. The predicted octanol–water partition coefficient (Wildman–Crippen LogP) is 1.66. The maximum Gasteiger partial charge on any atom is 0.228 e. The minimum atomic E-state index is -1.13. The molecular formula is C15H12O4. The average molecular weight is 256 g/mol. The number of fused-ring (bicyclic) bond motifs is 1. The van der Waals surface area contributed by atoms with Gasteiger partial charge in [0.1, 0.15) is 12.2 Å². The Bertz CT molecular complexity index is 654. The maximum absolute atomic E-state index is 12.3. The molecule has 0 saturated carbocycles. The third-order valence-corrected chi connectivity index (χ3v) is 3.42. The van der Waals surface area contributed by atoms with E-state index >= 15 is 0 Å². The van der Waals surface area contributed by atoms with Gasteiger partial charge in [-0.05, 0) is 12.5 Å². The number of benzene rings is 1. The first-order chi connectivity index (χ1) is 9.02. The minimum absolute atomic E-state index is 0.0378. The predicted molar refractivity (Wildman–Crippen MR) is 67.8 cm³/mol. The van der Waals surface area contributed by atoms with Crippen molar-refractivity contribution < 1.29 is 19.4 Å². The number of ketones is 2. The van der Waals surface area contributed by atoms with Gasteiger partial charge >= 0.3 is 0 Å². The van der Waals surface area contributed by atoms with Crippen LogP contribution in [-0.4, -0.2) is 28.9 Å². The number of carbonyl (C=O) groups is 2. The Morgan fingerprint density at radius 3 is 2.37 bits per heavy atom. The molecule has 4 nitrogen and oxygen atoms in total. The number of hydrogen-bond donors (Lipinski definition) is 1. The zero-order chi connectivity index (χ0) is 13.7. The molecule has 1 aliphatic carbocycles. The van der Waals surface area contributed by atoms with Crippen LogP contribution < -0.4 is 0 Å². The lowest BCUT2D eigenvalue weighted by Crippen LogP contribution is -2.28. The topological polar surface area (TPSA) is 63.6 Å². The highest BCUT2D eigenvalue weighted by Gasteiger charge is 2.46. The lowest BCUT2D eigenvalue weighted by Gasteiger charge is -2.15. The summed E-state index contributed by atoms with van der Waals surface area (Å²) < 4.78 is 5.44. The number of rotatable bonds is 1. The van der Waals surface area contributed by atoms with Crippen LogP contribution in [0.25, 0.3) is 0 Å². The quantitative estimate of drug-likeness (QED) is 0.776. The molecule has 0 spiro atoms. The van der Waals surface area contributed by atoms with Gasteiger partial charge in [0.25, 0.3) is 0 Å². The van der Waals surface area contributed by atoms with Crippen LogP contribution in [0.1, 0.15) is 27.6 Å². The van der Waals surface area contributed by atoms with E-state index in [1.165, 1.54) is 0 Å². The third-order valence-electron chi connectivity index (χ3n) is 3.42. The summed E-state index contributed by atoms with van der Waals surface area (Å²) in [7, 11) is 0. The van der Waals surface area contributed by atoms with Gasteiger partial charge in [0, 0.05) is 11.1 Å². The molecule has 1 aromatic carbocycles. The average Bonchev–Trinajstić information content (AvgIpc) is 2.74. The lowest BCUT2D eigenvalue weighted by molar-refractivity contribution is 0.0644. The van der Waals surface area contributed by atoms with Gasteiger partial charge in [-0.15, -0.1) is 0 Å². The summed E-state index contributed by atoms with van der Waals surface area (Å²) in [4.78, 5) is 24.6. The molecule has 0 aromatic heterocycles. The number of aliphatic hydroxyl groups excluding tert-OH is 1. The normalized spacial score (nSPS) is 24.9. The zero-order valence-electron chi connectivity index (χ0n) is 10.3. The third kappa shape index (κ3) is 1.50. The van der Waals surface area contributed by atoms with Crippen molar-refractivity contribution in [2.45, 2.75) is 19.1 Å². The van der Waals surface area contributed by atoms with E-state index in [1.54, 1.807) is 31.2 Å². The van der Waals surface area contributed by atoms with Crippen molar-refractivity contribution >= 4 is 11.6 Å². The van der Waals surface area contributed by atoms with Gasteiger partial charge in [-0.25, -0.2) is 0 Å². The van der Waals surface area contributed by atoms with E-state index in [0.717, 1.165) is 0 Å². The molecule has 0 saturated heterocycles. The number of carbonyl (C=O) groups excluding carboxylic acids is 2. The second-order valence-corrected chi connectivity index (χ2v) is 4.78. The van der Waals surface area contributed by atoms with E-state index < -0.39 is 12.2 Å². The number of Topliss-reactive ketones (excluding diaryl/α,β-unsaturated/α-hetero) is 2. The molecule has 1 aromatic rings. The highest BCUT2D eigenvalue weighted by Crippen LogP contribution is 2.37. The summed E-state index contributed by atoms with van der Waals surface area (Å²) in [6.45, 7) is 5.40. The van der Waals surface area contributed by atoms with Crippen molar-refractivity contribution in [1.82, 2.24) is 0 Å². The molecule has 2 aliphatic rings. The van der Waals surface area contributed by atoms with Gasteiger partial charge in [-0.3, -0.25) is 9.59 Å². The maximum atomic E-state index is 12.3. The standard InChI is InChI=1S/C15H12O4/c1-7(2)14-13(18)10-11(16)8-5-3-4-6-9(8)12(17)15(10)19-14/h3-6,13-14,18H,1H2,2H3. The Labute approximate surface area is 110 Å². The summed E-state index contributed by atoms with van der Waals surface area (Å²) in [6.07, 6.45) is -1.86. The highest BCUT2D eigenvalue weighted by molar-refractivity contribution is 6.27. The van der Waals surface area contributed by atoms with Gasteiger partial charge in [0.15, 0.2) is 11.5 Å². The van der Waals surface area contributed by atoms with Crippen molar-refractivity contribution in [3.05, 3.63) is 58.9 Å². The number of allylic oxidation sites excluding steroid dienone is 1. The molecule has 0 fully saturated rings. The van der Waals surface area contributed by atoms with Gasteiger partial charge in [-0.1, -0.05) is 30.8 Å². The molecule has 0 radical (unpaired) electrons. The molecule has 2 unspecified atom stereocenters. The SMILES string of the molecule is C=C(C)C1OC2=C(C(=O)c3ccccc3C2=O)C1O.